The summed E-state index contributed by atoms with van der Waals surface area (Å²) in [6.07, 6.45) is 3.02. The van der Waals surface area contributed by atoms with Crippen LogP contribution in [-0.2, 0) is 0 Å². The first-order chi connectivity index (χ1) is 6.72. The van der Waals surface area contributed by atoms with Gasteiger partial charge in [-0.3, -0.25) is 9.78 Å². The minimum Gasteiger partial charge on any atom is -0.502 e. The number of hydrogen-bond donors (Lipinski definition) is 1. The van der Waals surface area contributed by atoms with E-state index >= 15 is 0 Å². The van der Waals surface area contributed by atoms with Crippen LogP contribution in [0.4, 0.5) is 0 Å². The Bertz CT molecular complexity index is 405. The monoisotopic (exact) mass is 211 g/mol. The van der Waals surface area contributed by atoms with Crippen LogP contribution >= 0.6 is 11.3 Å². The molecule has 74 valence electrons. The largest absolute Gasteiger partial charge is 0.502 e. The molecule has 0 unspecified atom stereocenters. The van der Waals surface area contributed by atoms with Crippen molar-refractivity contribution in [3.63, 3.8) is 0 Å². The molecule has 0 radical (unpaired) electrons. The highest BCUT2D eigenvalue weighted by Crippen LogP contribution is 2.06. The van der Waals surface area contributed by atoms with Crippen LogP contribution < -0.4 is 5.43 Å². The molecule has 0 saturated heterocycles. The van der Waals surface area contributed by atoms with Gasteiger partial charge < -0.3 is 9.52 Å². The smallest absolute Gasteiger partial charge is 0.226 e. The van der Waals surface area contributed by atoms with Gasteiger partial charge in [-0.2, -0.15) is 0 Å². The van der Waals surface area contributed by atoms with Crippen molar-refractivity contribution in [1.29, 1.82) is 0 Å². The fraction of sp³-hybridized carbons (Fsp3) is 0.111. The summed E-state index contributed by atoms with van der Waals surface area (Å²) < 4.78 is 4.69. The summed E-state index contributed by atoms with van der Waals surface area (Å²) in [4.78, 5) is 14.3. The highest BCUT2D eigenvalue weighted by Gasteiger charge is 1.98. The van der Waals surface area contributed by atoms with Crippen LogP contribution in [0.3, 0.4) is 0 Å². The van der Waals surface area contributed by atoms with Gasteiger partial charge in [0.05, 0.1) is 11.8 Å². The van der Waals surface area contributed by atoms with E-state index in [0.29, 0.717) is 0 Å². The second kappa shape index (κ2) is 5.18. The van der Waals surface area contributed by atoms with Gasteiger partial charge in [0, 0.05) is 17.6 Å². The Labute approximate surface area is 84.5 Å². The van der Waals surface area contributed by atoms with Crippen molar-refractivity contribution in [2.24, 2.45) is 0 Å². The summed E-state index contributed by atoms with van der Waals surface area (Å²) in [5.74, 6) is -0.0556. The molecule has 0 spiro atoms. The first kappa shape index (κ1) is 10.5. The number of hydrogen-bond acceptors (Lipinski definition) is 5. The van der Waals surface area contributed by atoms with Crippen LogP contribution in [-0.4, -0.2) is 10.1 Å². The summed E-state index contributed by atoms with van der Waals surface area (Å²) >= 11 is 1.60. The van der Waals surface area contributed by atoms with E-state index in [1.807, 2.05) is 5.38 Å². The van der Waals surface area contributed by atoms with Gasteiger partial charge in [-0.15, -0.1) is 11.3 Å². The normalized spacial score (nSPS) is 8.93. The lowest BCUT2D eigenvalue weighted by molar-refractivity contribution is 0.411. The Balaban J connectivity index is 0.000000165. The Morgan fingerprint density at radius 2 is 2.36 bits per heavy atom. The summed E-state index contributed by atoms with van der Waals surface area (Å²) in [5.41, 5.74) is 1.39. The Morgan fingerprint density at radius 1 is 1.57 bits per heavy atom. The predicted octanol–water partition coefficient (Wildman–Crippen LogP) is 1.80. The van der Waals surface area contributed by atoms with Crippen molar-refractivity contribution in [3.05, 3.63) is 45.4 Å². The number of aromatic hydroxyl groups is 1. The topological polar surface area (TPSA) is 63.3 Å². The zero-order valence-corrected chi connectivity index (χ0v) is 8.32. The van der Waals surface area contributed by atoms with Crippen molar-refractivity contribution < 1.29 is 9.52 Å². The molecule has 2 heterocycles. The molecule has 1 N–H and O–H groups in total. The van der Waals surface area contributed by atoms with Gasteiger partial charge in [0.1, 0.15) is 5.76 Å². The quantitative estimate of drug-likeness (QED) is 0.721. The summed E-state index contributed by atoms with van der Waals surface area (Å²) in [6, 6.07) is 1.17. The standard InChI is InChI=1S/C6H6O3.C3H3NS/c1-4-6(8)5(7)2-3-9-4;1-2-5-3-4-1/h2-3,8H,1H3;1-3H. The van der Waals surface area contributed by atoms with Gasteiger partial charge in [-0.25, -0.2) is 0 Å². The maximum atomic E-state index is 10.5. The molecular weight excluding hydrogens is 202 g/mol. The first-order valence-corrected chi connectivity index (χ1v) is 4.75. The van der Waals surface area contributed by atoms with E-state index in [1.165, 1.54) is 19.3 Å². The Morgan fingerprint density at radius 3 is 2.71 bits per heavy atom. The second-order valence-corrected chi connectivity index (χ2v) is 3.12. The minimum atomic E-state index is -0.404. The molecule has 2 rings (SSSR count). The van der Waals surface area contributed by atoms with E-state index in [4.69, 9.17) is 5.11 Å². The minimum absolute atomic E-state index is 0.252. The molecule has 0 amide bonds. The molecule has 0 aliphatic heterocycles. The number of aryl methyl sites for hydroxylation is 1. The number of nitrogens with zero attached hydrogens (tertiary/aromatic N) is 1. The van der Waals surface area contributed by atoms with Crippen LogP contribution in [0.25, 0.3) is 0 Å². The van der Waals surface area contributed by atoms with Crippen molar-refractivity contribution in [2.75, 3.05) is 0 Å². The summed E-state index contributed by atoms with van der Waals surface area (Å²) in [5, 5.41) is 10.7. The van der Waals surface area contributed by atoms with Crippen LogP contribution in [0.1, 0.15) is 5.76 Å². The third kappa shape index (κ3) is 3.02. The van der Waals surface area contributed by atoms with Gasteiger partial charge in [-0.05, 0) is 6.92 Å². The lowest BCUT2D eigenvalue weighted by atomic mass is 10.4. The molecule has 5 heteroatoms. The number of rotatable bonds is 0. The van der Waals surface area contributed by atoms with E-state index < -0.39 is 5.43 Å². The zero-order valence-electron chi connectivity index (χ0n) is 7.51. The van der Waals surface area contributed by atoms with Crippen LogP contribution in [0, 0.1) is 6.92 Å². The number of aromatic nitrogens is 1. The van der Waals surface area contributed by atoms with Crippen LogP contribution in [0.15, 0.2) is 38.6 Å². The van der Waals surface area contributed by atoms with Gasteiger partial charge in [0.25, 0.3) is 0 Å². The maximum Gasteiger partial charge on any atom is 0.226 e. The molecule has 0 bridgehead atoms. The average molecular weight is 211 g/mol. The Kier molecular flexibility index (Phi) is 3.87. The third-order valence-electron chi connectivity index (χ3n) is 1.38. The predicted molar refractivity (Wildman–Crippen MR) is 53.5 cm³/mol. The molecule has 0 aromatic carbocycles. The van der Waals surface area contributed by atoms with Crippen molar-refractivity contribution in [3.8, 4) is 5.75 Å². The van der Waals surface area contributed by atoms with Crippen molar-refractivity contribution in [2.45, 2.75) is 6.92 Å². The molecule has 0 fully saturated rings. The maximum absolute atomic E-state index is 10.5. The van der Waals surface area contributed by atoms with E-state index in [1.54, 1.807) is 23.0 Å². The van der Waals surface area contributed by atoms with Crippen molar-refractivity contribution in [1.82, 2.24) is 4.98 Å². The molecule has 2 aromatic heterocycles. The van der Waals surface area contributed by atoms with Crippen molar-refractivity contribution >= 4 is 11.3 Å². The molecule has 14 heavy (non-hydrogen) atoms. The summed E-state index contributed by atoms with van der Waals surface area (Å²) in [6.45, 7) is 1.52. The molecule has 0 atom stereocenters. The average Bonchev–Trinajstić information content (AvgIpc) is 2.72. The van der Waals surface area contributed by atoms with E-state index in [2.05, 4.69) is 9.40 Å². The van der Waals surface area contributed by atoms with E-state index in [9.17, 15) is 4.79 Å². The first-order valence-electron chi connectivity index (χ1n) is 3.81. The molecule has 0 aliphatic rings. The molecule has 4 nitrogen and oxygen atoms in total. The van der Waals surface area contributed by atoms with E-state index in [-0.39, 0.29) is 11.5 Å². The van der Waals surface area contributed by atoms with E-state index in [0.717, 1.165) is 0 Å². The SMILES string of the molecule is Cc1occc(=O)c1O.c1cscn1. The molecule has 2 aromatic rings. The second-order valence-electron chi connectivity index (χ2n) is 2.37. The van der Waals surface area contributed by atoms with Crippen LogP contribution in [0.5, 0.6) is 5.75 Å². The summed E-state index contributed by atoms with van der Waals surface area (Å²) in [7, 11) is 0. The Hall–Kier alpha value is -1.62. The zero-order chi connectivity index (χ0) is 10.4. The fourth-order valence-electron chi connectivity index (χ4n) is 0.682. The molecular formula is C9H9NO3S. The number of thiazole rings is 1. The lowest BCUT2D eigenvalue weighted by Crippen LogP contribution is -1.97. The highest BCUT2D eigenvalue weighted by molar-refractivity contribution is 7.07. The lowest BCUT2D eigenvalue weighted by Gasteiger charge is -1.91. The third-order valence-corrected chi connectivity index (χ3v) is 1.90. The van der Waals surface area contributed by atoms with Gasteiger partial charge >= 0.3 is 0 Å². The highest BCUT2D eigenvalue weighted by atomic mass is 32.1. The van der Waals surface area contributed by atoms with Gasteiger partial charge in [0.15, 0.2) is 0 Å². The van der Waals surface area contributed by atoms with Gasteiger partial charge in [-0.1, -0.05) is 0 Å². The molecule has 0 saturated carbocycles. The van der Waals surface area contributed by atoms with Gasteiger partial charge in [0.2, 0.25) is 11.2 Å². The molecule has 0 aliphatic carbocycles. The fourth-order valence-corrected chi connectivity index (χ4v) is 1.03. The van der Waals surface area contributed by atoms with Crippen LogP contribution in [0.2, 0.25) is 0 Å².